The Labute approximate surface area is 151 Å². The van der Waals surface area contributed by atoms with E-state index in [1.54, 1.807) is 12.1 Å². The number of hydrogen-bond acceptors (Lipinski definition) is 4. The maximum absolute atomic E-state index is 13.7. The van der Waals surface area contributed by atoms with E-state index in [4.69, 9.17) is 14.2 Å². The first-order chi connectivity index (χ1) is 12.5. The maximum atomic E-state index is 13.7. The molecule has 1 aliphatic rings. The zero-order chi connectivity index (χ0) is 18.5. The molecule has 3 rings (SSSR count). The van der Waals surface area contributed by atoms with Crippen LogP contribution in [0.15, 0.2) is 36.4 Å². The summed E-state index contributed by atoms with van der Waals surface area (Å²) in [4.78, 5) is 13.1. The van der Waals surface area contributed by atoms with Crippen molar-refractivity contribution in [1.29, 1.82) is 0 Å². The van der Waals surface area contributed by atoms with Crippen molar-refractivity contribution in [3.05, 3.63) is 53.3 Å². The van der Waals surface area contributed by atoms with Gasteiger partial charge in [-0.05, 0) is 35.9 Å². The van der Waals surface area contributed by atoms with E-state index in [0.717, 1.165) is 21.8 Å². The predicted molar refractivity (Wildman–Crippen MR) is 92.8 cm³/mol. The van der Waals surface area contributed by atoms with E-state index in [-0.39, 0.29) is 25.0 Å². The fourth-order valence-electron chi connectivity index (χ4n) is 2.82. The van der Waals surface area contributed by atoms with E-state index < -0.39 is 5.82 Å². The van der Waals surface area contributed by atoms with Gasteiger partial charge < -0.3 is 24.4 Å². The van der Waals surface area contributed by atoms with E-state index in [0.29, 0.717) is 18.8 Å². The average molecular weight is 361 g/mol. The smallest absolute Gasteiger partial charge is 0.275 e. The van der Waals surface area contributed by atoms with E-state index in [1.165, 1.54) is 13.2 Å². The lowest BCUT2D eigenvalue weighted by Crippen LogP contribution is -3.08. The van der Waals surface area contributed by atoms with Gasteiger partial charge in [0.2, 0.25) is 6.79 Å². The lowest BCUT2D eigenvalue weighted by Gasteiger charge is -2.14. The fraction of sp³-hybridized carbons (Fsp3) is 0.316. The number of hydrogen-bond donors (Lipinski definition) is 2. The van der Waals surface area contributed by atoms with Crippen LogP contribution in [0.25, 0.3) is 0 Å². The van der Waals surface area contributed by atoms with Gasteiger partial charge in [0, 0.05) is 12.1 Å². The van der Waals surface area contributed by atoms with Gasteiger partial charge >= 0.3 is 0 Å². The standard InChI is InChI=1S/C19H21FN2O4/c1-22(10-14-4-5-16(24-2)15(20)7-14)11-19(23)21-9-13-3-6-17-18(8-13)26-12-25-17/h3-8H,9-12H2,1-2H3,(H,21,23)/p+1. The van der Waals surface area contributed by atoms with Crippen molar-refractivity contribution in [2.24, 2.45) is 0 Å². The Morgan fingerprint density at radius 2 is 1.96 bits per heavy atom. The van der Waals surface area contributed by atoms with Gasteiger partial charge in [0.1, 0.15) is 6.54 Å². The van der Waals surface area contributed by atoms with Gasteiger partial charge in [0.25, 0.3) is 5.91 Å². The van der Waals surface area contributed by atoms with Crippen molar-refractivity contribution < 1.29 is 28.3 Å². The Kier molecular flexibility index (Phi) is 5.58. The Morgan fingerprint density at radius 1 is 1.19 bits per heavy atom. The Hall–Kier alpha value is -2.80. The first-order valence-electron chi connectivity index (χ1n) is 8.34. The number of benzene rings is 2. The number of carbonyl (C=O) groups is 1. The SMILES string of the molecule is COc1ccc(C[NH+](C)CC(=O)NCc2ccc3c(c2)OCO3)cc1F. The third-order valence-electron chi connectivity index (χ3n) is 4.11. The minimum Gasteiger partial charge on any atom is -0.494 e. The predicted octanol–water partition coefficient (Wildman–Crippen LogP) is 0.894. The molecule has 138 valence electrons. The lowest BCUT2D eigenvalue weighted by molar-refractivity contribution is -0.885. The van der Waals surface area contributed by atoms with Gasteiger partial charge in [-0.15, -0.1) is 0 Å². The van der Waals surface area contributed by atoms with Gasteiger partial charge in [-0.1, -0.05) is 6.07 Å². The highest BCUT2D eigenvalue weighted by molar-refractivity contribution is 5.76. The van der Waals surface area contributed by atoms with Crippen molar-refractivity contribution in [1.82, 2.24) is 5.32 Å². The molecule has 0 saturated carbocycles. The summed E-state index contributed by atoms with van der Waals surface area (Å²) in [6.45, 7) is 1.47. The molecule has 0 fully saturated rings. The largest absolute Gasteiger partial charge is 0.494 e. The van der Waals surface area contributed by atoms with Crippen LogP contribution in [0, 0.1) is 5.82 Å². The van der Waals surface area contributed by atoms with Gasteiger partial charge in [-0.2, -0.15) is 0 Å². The molecule has 1 unspecified atom stereocenters. The summed E-state index contributed by atoms with van der Waals surface area (Å²) in [6.07, 6.45) is 0. The number of fused-ring (bicyclic) bond motifs is 1. The van der Waals surface area contributed by atoms with Crippen molar-refractivity contribution in [3.8, 4) is 17.2 Å². The summed E-state index contributed by atoms with van der Waals surface area (Å²) in [5.41, 5.74) is 1.75. The first kappa shape index (κ1) is 18.0. The molecule has 0 bridgehead atoms. The summed E-state index contributed by atoms with van der Waals surface area (Å²) in [6, 6.07) is 10.4. The fourth-order valence-corrected chi connectivity index (χ4v) is 2.82. The number of amides is 1. The minimum atomic E-state index is -0.398. The highest BCUT2D eigenvalue weighted by Crippen LogP contribution is 2.32. The molecule has 6 nitrogen and oxygen atoms in total. The first-order valence-corrected chi connectivity index (χ1v) is 8.34. The quantitative estimate of drug-likeness (QED) is 0.769. The van der Waals surface area contributed by atoms with Crippen LogP contribution in [-0.4, -0.2) is 33.4 Å². The second-order valence-corrected chi connectivity index (χ2v) is 6.24. The molecule has 0 aromatic heterocycles. The number of ether oxygens (including phenoxy) is 3. The van der Waals surface area contributed by atoms with E-state index in [9.17, 15) is 9.18 Å². The molecule has 2 N–H and O–H groups in total. The van der Waals surface area contributed by atoms with Crippen molar-refractivity contribution in [3.63, 3.8) is 0 Å². The summed E-state index contributed by atoms with van der Waals surface area (Å²) in [5, 5.41) is 2.89. The molecule has 1 heterocycles. The number of halogens is 1. The van der Waals surface area contributed by atoms with Crippen LogP contribution in [0.4, 0.5) is 4.39 Å². The average Bonchev–Trinajstić information content (AvgIpc) is 3.07. The zero-order valence-electron chi connectivity index (χ0n) is 14.8. The van der Waals surface area contributed by atoms with Crippen LogP contribution in [-0.2, 0) is 17.9 Å². The number of likely N-dealkylation sites (N-methyl/N-ethyl adjacent to an activating group) is 1. The minimum absolute atomic E-state index is 0.0749. The molecular weight excluding hydrogens is 339 g/mol. The normalized spacial score (nSPS) is 13.3. The van der Waals surface area contributed by atoms with E-state index >= 15 is 0 Å². The summed E-state index contributed by atoms with van der Waals surface area (Å²) < 4.78 is 29.2. The Bertz CT molecular complexity index is 797. The lowest BCUT2D eigenvalue weighted by atomic mass is 10.2. The second-order valence-electron chi connectivity index (χ2n) is 6.24. The summed E-state index contributed by atoms with van der Waals surface area (Å²) >= 11 is 0. The van der Waals surface area contributed by atoms with Crippen molar-refractivity contribution in [2.75, 3.05) is 27.5 Å². The van der Waals surface area contributed by atoms with Gasteiger partial charge in [-0.25, -0.2) is 4.39 Å². The van der Waals surface area contributed by atoms with Crippen LogP contribution in [0.2, 0.25) is 0 Å². The number of carbonyl (C=O) groups excluding carboxylic acids is 1. The molecule has 2 aromatic carbocycles. The summed E-state index contributed by atoms with van der Waals surface area (Å²) in [7, 11) is 3.32. The van der Waals surface area contributed by atoms with Crippen molar-refractivity contribution >= 4 is 5.91 Å². The summed E-state index contributed by atoms with van der Waals surface area (Å²) in [5.74, 6) is 1.16. The molecule has 0 spiro atoms. The molecule has 0 saturated heterocycles. The molecule has 0 radical (unpaired) electrons. The zero-order valence-corrected chi connectivity index (χ0v) is 14.8. The van der Waals surface area contributed by atoms with Crippen LogP contribution >= 0.6 is 0 Å². The molecule has 1 amide bonds. The number of nitrogens with one attached hydrogen (secondary N) is 2. The molecule has 1 aliphatic heterocycles. The highest BCUT2D eigenvalue weighted by atomic mass is 19.1. The molecule has 0 aliphatic carbocycles. The van der Waals surface area contributed by atoms with Crippen LogP contribution in [0.1, 0.15) is 11.1 Å². The Morgan fingerprint density at radius 3 is 2.73 bits per heavy atom. The second kappa shape index (κ2) is 8.05. The van der Waals surface area contributed by atoms with Crippen LogP contribution < -0.4 is 24.4 Å². The van der Waals surface area contributed by atoms with E-state index in [1.807, 2.05) is 25.2 Å². The molecule has 2 aromatic rings. The van der Waals surface area contributed by atoms with E-state index in [2.05, 4.69) is 5.32 Å². The highest BCUT2D eigenvalue weighted by Gasteiger charge is 2.15. The topological polar surface area (TPSA) is 61.2 Å². The van der Waals surface area contributed by atoms with Crippen LogP contribution in [0.3, 0.4) is 0 Å². The van der Waals surface area contributed by atoms with Gasteiger partial charge in [-0.3, -0.25) is 4.79 Å². The molecule has 1 atom stereocenters. The Balaban J connectivity index is 1.47. The molecular formula is C19H22FN2O4+. The molecule has 7 heteroatoms. The third-order valence-corrected chi connectivity index (χ3v) is 4.11. The number of quaternary nitrogens is 1. The van der Waals surface area contributed by atoms with Crippen LogP contribution in [0.5, 0.6) is 17.2 Å². The molecule has 26 heavy (non-hydrogen) atoms. The number of rotatable bonds is 7. The third kappa shape index (κ3) is 4.43. The maximum Gasteiger partial charge on any atom is 0.275 e. The van der Waals surface area contributed by atoms with Gasteiger partial charge in [0.15, 0.2) is 29.6 Å². The van der Waals surface area contributed by atoms with Gasteiger partial charge in [0.05, 0.1) is 14.2 Å². The van der Waals surface area contributed by atoms with Crippen molar-refractivity contribution in [2.45, 2.75) is 13.1 Å². The monoisotopic (exact) mass is 361 g/mol. The number of methoxy groups -OCH3 is 1.